The molecule has 4 fully saturated rings. The summed E-state index contributed by atoms with van der Waals surface area (Å²) in [6.45, 7) is 0.886. The molecule has 0 aliphatic heterocycles. The molecule has 4 aliphatic carbocycles. The minimum Gasteiger partial charge on any atom is -0.330 e. The summed E-state index contributed by atoms with van der Waals surface area (Å²) in [5, 5.41) is 0. The maximum Gasteiger partial charge on any atom is -0.00773 e. The number of nitrogens with two attached hydrogens (primary N) is 1. The first kappa shape index (κ1) is 12.0. The van der Waals surface area contributed by atoms with E-state index in [1.54, 1.807) is 44.9 Å². The Morgan fingerprint density at radius 3 is 1.82 bits per heavy atom. The Labute approximate surface area is 107 Å². The van der Waals surface area contributed by atoms with E-state index in [4.69, 9.17) is 5.73 Å². The quantitative estimate of drug-likeness (QED) is 0.689. The molecule has 0 spiro atoms. The summed E-state index contributed by atoms with van der Waals surface area (Å²) < 4.78 is 0. The van der Waals surface area contributed by atoms with E-state index in [9.17, 15) is 0 Å². The molecule has 1 nitrogen and oxygen atoms in total. The van der Waals surface area contributed by atoms with Crippen LogP contribution in [0.1, 0.15) is 70.6 Å². The first-order valence-corrected chi connectivity index (χ1v) is 8.00. The molecule has 0 aromatic rings. The lowest BCUT2D eigenvalue weighted by Crippen LogP contribution is -2.45. The Morgan fingerprint density at radius 2 is 1.29 bits per heavy atom. The van der Waals surface area contributed by atoms with Gasteiger partial charge in [-0.2, -0.15) is 0 Å². The van der Waals surface area contributed by atoms with Crippen molar-refractivity contribution in [1.29, 1.82) is 0 Å². The SMILES string of the molecule is NCCCCCCC12CC3CC(CC(C3)C1)C2. The molecule has 4 bridgehead atoms. The molecule has 4 rings (SSSR count). The van der Waals surface area contributed by atoms with Crippen molar-refractivity contribution in [2.45, 2.75) is 70.6 Å². The normalized spacial score (nSPS) is 43.2. The van der Waals surface area contributed by atoms with E-state index >= 15 is 0 Å². The van der Waals surface area contributed by atoms with Gasteiger partial charge >= 0.3 is 0 Å². The van der Waals surface area contributed by atoms with Gasteiger partial charge in [-0.1, -0.05) is 19.3 Å². The Kier molecular flexibility index (Phi) is 3.47. The standard InChI is InChI=1S/C16H29N/c17-6-4-2-1-3-5-16-10-13-7-14(11-16)9-15(8-13)12-16/h13-15H,1-12,17H2. The van der Waals surface area contributed by atoms with Crippen molar-refractivity contribution in [3.8, 4) is 0 Å². The van der Waals surface area contributed by atoms with Crippen LogP contribution in [-0.2, 0) is 0 Å². The van der Waals surface area contributed by atoms with Crippen LogP contribution in [0.3, 0.4) is 0 Å². The largest absolute Gasteiger partial charge is 0.330 e. The molecular formula is C16H29N. The van der Waals surface area contributed by atoms with Crippen LogP contribution in [-0.4, -0.2) is 6.54 Å². The Balaban J connectivity index is 1.49. The molecule has 0 amide bonds. The maximum atomic E-state index is 5.56. The highest BCUT2D eigenvalue weighted by atomic mass is 14.6. The van der Waals surface area contributed by atoms with E-state index < -0.39 is 0 Å². The van der Waals surface area contributed by atoms with Gasteiger partial charge < -0.3 is 5.73 Å². The van der Waals surface area contributed by atoms with Gasteiger partial charge in [0.2, 0.25) is 0 Å². The molecule has 0 aromatic heterocycles. The molecule has 0 heterocycles. The van der Waals surface area contributed by atoms with Crippen molar-refractivity contribution in [3.05, 3.63) is 0 Å². The van der Waals surface area contributed by atoms with Crippen LogP contribution >= 0.6 is 0 Å². The molecule has 98 valence electrons. The summed E-state index contributed by atoms with van der Waals surface area (Å²) in [5.74, 6) is 3.39. The van der Waals surface area contributed by atoms with E-state index in [0.29, 0.717) is 0 Å². The third kappa shape index (κ3) is 2.54. The fourth-order valence-corrected chi connectivity index (χ4v) is 5.59. The molecule has 4 aliphatic rings. The molecule has 0 atom stereocenters. The smallest absolute Gasteiger partial charge is 0.00773 e. The molecule has 0 aromatic carbocycles. The van der Waals surface area contributed by atoms with E-state index in [0.717, 1.165) is 29.7 Å². The number of hydrogen-bond acceptors (Lipinski definition) is 1. The third-order valence-electron chi connectivity index (χ3n) is 5.83. The summed E-state index contributed by atoms with van der Waals surface area (Å²) in [4.78, 5) is 0. The summed E-state index contributed by atoms with van der Waals surface area (Å²) >= 11 is 0. The number of rotatable bonds is 6. The first-order valence-electron chi connectivity index (χ1n) is 8.00. The van der Waals surface area contributed by atoms with Gasteiger partial charge in [0.1, 0.15) is 0 Å². The highest BCUT2D eigenvalue weighted by Crippen LogP contribution is 2.61. The van der Waals surface area contributed by atoms with E-state index in [1.165, 1.54) is 25.7 Å². The molecule has 4 saturated carbocycles. The zero-order valence-corrected chi connectivity index (χ0v) is 11.3. The maximum absolute atomic E-state index is 5.56. The van der Waals surface area contributed by atoms with Crippen molar-refractivity contribution in [3.63, 3.8) is 0 Å². The first-order chi connectivity index (χ1) is 8.30. The monoisotopic (exact) mass is 235 g/mol. The lowest BCUT2D eigenvalue weighted by Gasteiger charge is -2.57. The molecule has 2 N–H and O–H groups in total. The predicted octanol–water partition coefficient (Wildman–Crippen LogP) is 4.11. The third-order valence-corrected chi connectivity index (χ3v) is 5.83. The predicted molar refractivity (Wildman–Crippen MR) is 72.7 cm³/mol. The molecule has 0 unspecified atom stereocenters. The summed E-state index contributed by atoms with van der Waals surface area (Å²) in [5.41, 5.74) is 6.37. The van der Waals surface area contributed by atoms with Crippen molar-refractivity contribution < 1.29 is 0 Å². The van der Waals surface area contributed by atoms with Gasteiger partial charge in [0.15, 0.2) is 0 Å². The van der Waals surface area contributed by atoms with Gasteiger partial charge in [-0.15, -0.1) is 0 Å². The summed E-state index contributed by atoms with van der Waals surface area (Å²) in [7, 11) is 0. The van der Waals surface area contributed by atoms with Crippen molar-refractivity contribution in [2.75, 3.05) is 6.54 Å². The minimum atomic E-state index is 0.817. The summed E-state index contributed by atoms with van der Waals surface area (Å²) in [6, 6.07) is 0. The Bertz CT molecular complexity index is 223. The van der Waals surface area contributed by atoms with E-state index in [-0.39, 0.29) is 0 Å². The topological polar surface area (TPSA) is 26.0 Å². The van der Waals surface area contributed by atoms with Gasteiger partial charge in [-0.3, -0.25) is 0 Å². The van der Waals surface area contributed by atoms with Gasteiger partial charge in [-0.25, -0.2) is 0 Å². The average molecular weight is 235 g/mol. The second-order valence-electron chi connectivity index (χ2n) is 7.37. The molecular weight excluding hydrogens is 206 g/mol. The van der Waals surface area contributed by atoms with Gasteiger partial charge in [0, 0.05) is 0 Å². The van der Waals surface area contributed by atoms with E-state index in [2.05, 4.69) is 0 Å². The Hall–Kier alpha value is -0.0400. The number of hydrogen-bond donors (Lipinski definition) is 1. The number of unbranched alkanes of at least 4 members (excludes halogenated alkanes) is 3. The van der Waals surface area contributed by atoms with E-state index in [1.807, 2.05) is 0 Å². The fraction of sp³-hybridized carbons (Fsp3) is 1.00. The molecule has 0 saturated heterocycles. The second kappa shape index (κ2) is 4.91. The molecule has 1 heteroatoms. The zero-order chi connectivity index (χ0) is 11.7. The van der Waals surface area contributed by atoms with Gasteiger partial charge in [0.25, 0.3) is 0 Å². The second-order valence-corrected chi connectivity index (χ2v) is 7.37. The molecule has 0 radical (unpaired) electrons. The van der Waals surface area contributed by atoms with Crippen LogP contribution in [0.25, 0.3) is 0 Å². The fourth-order valence-electron chi connectivity index (χ4n) is 5.59. The van der Waals surface area contributed by atoms with Crippen LogP contribution in [0, 0.1) is 23.2 Å². The van der Waals surface area contributed by atoms with Crippen LogP contribution < -0.4 is 5.73 Å². The minimum absolute atomic E-state index is 0.817. The molecule has 17 heavy (non-hydrogen) atoms. The van der Waals surface area contributed by atoms with Gasteiger partial charge in [0.05, 0.1) is 0 Å². The highest BCUT2D eigenvalue weighted by molar-refractivity contribution is 5.01. The lowest BCUT2D eigenvalue weighted by molar-refractivity contribution is -0.0583. The average Bonchev–Trinajstić information content (AvgIpc) is 2.26. The van der Waals surface area contributed by atoms with Crippen molar-refractivity contribution in [2.24, 2.45) is 28.9 Å². The van der Waals surface area contributed by atoms with Crippen LogP contribution in [0.4, 0.5) is 0 Å². The van der Waals surface area contributed by atoms with Crippen LogP contribution in [0.2, 0.25) is 0 Å². The van der Waals surface area contributed by atoms with Crippen molar-refractivity contribution >= 4 is 0 Å². The van der Waals surface area contributed by atoms with Gasteiger partial charge in [-0.05, 0) is 81.1 Å². The van der Waals surface area contributed by atoms with Crippen molar-refractivity contribution in [1.82, 2.24) is 0 Å². The zero-order valence-electron chi connectivity index (χ0n) is 11.3. The highest BCUT2D eigenvalue weighted by Gasteiger charge is 2.50. The van der Waals surface area contributed by atoms with Crippen LogP contribution in [0.15, 0.2) is 0 Å². The lowest BCUT2D eigenvalue weighted by atomic mass is 9.48. The summed E-state index contributed by atoms with van der Waals surface area (Å²) in [6.07, 6.45) is 16.6. The van der Waals surface area contributed by atoms with Crippen LogP contribution in [0.5, 0.6) is 0 Å². The Morgan fingerprint density at radius 1 is 0.765 bits per heavy atom.